The molecule has 0 aliphatic carbocycles. The second-order valence-electron chi connectivity index (χ2n) is 6.54. The summed E-state index contributed by atoms with van der Waals surface area (Å²) < 4.78 is 19.5. The van der Waals surface area contributed by atoms with Crippen LogP contribution in [0.15, 0.2) is 83.0 Å². The summed E-state index contributed by atoms with van der Waals surface area (Å²) in [6.07, 6.45) is 0. The topological polar surface area (TPSA) is 58.6 Å². The third-order valence-electron chi connectivity index (χ3n) is 4.62. The number of nitrogens with one attached hydrogen (secondary N) is 1. The number of ether oxygens (including phenoxy) is 1. The van der Waals surface area contributed by atoms with Gasteiger partial charge < -0.3 is 10.1 Å². The van der Waals surface area contributed by atoms with E-state index < -0.39 is 17.6 Å². The molecule has 5 nitrogen and oxygen atoms in total. The molecule has 0 saturated carbocycles. The molecule has 1 heterocycles. The fraction of sp³-hybridized carbons (Fsp3) is 0.0435. The molecule has 30 heavy (non-hydrogen) atoms. The van der Waals surface area contributed by atoms with E-state index in [9.17, 15) is 14.0 Å². The Labute approximate surface area is 180 Å². The van der Waals surface area contributed by atoms with Gasteiger partial charge in [0, 0.05) is 16.2 Å². The lowest BCUT2D eigenvalue weighted by molar-refractivity contribution is -0.120. The Bertz CT molecular complexity index is 1180. The number of hydrogen-bond donors (Lipinski definition) is 1. The molecule has 2 amide bonds. The number of carbonyl (C=O) groups excluding carboxylic acids is 2. The van der Waals surface area contributed by atoms with Crippen molar-refractivity contribution in [3.63, 3.8) is 0 Å². The van der Waals surface area contributed by atoms with Gasteiger partial charge in [-0.2, -0.15) is 0 Å². The van der Waals surface area contributed by atoms with Crippen molar-refractivity contribution in [1.29, 1.82) is 0 Å². The van der Waals surface area contributed by atoms with E-state index in [1.54, 1.807) is 36.4 Å². The van der Waals surface area contributed by atoms with Gasteiger partial charge in [0.25, 0.3) is 11.8 Å². The monoisotopic (exact) mass is 466 g/mol. The van der Waals surface area contributed by atoms with Gasteiger partial charge in [-0.25, -0.2) is 9.29 Å². The summed E-state index contributed by atoms with van der Waals surface area (Å²) in [6, 6.07) is 19.4. The second-order valence-corrected chi connectivity index (χ2v) is 7.46. The minimum Gasteiger partial charge on any atom is -0.497 e. The zero-order valence-corrected chi connectivity index (χ0v) is 17.4. The van der Waals surface area contributed by atoms with Crippen LogP contribution in [0.4, 0.5) is 15.8 Å². The third kappa shape index (κ3) is 3.71. The highest BCUT2D eigenvalue weighted by molar-refractivity contribution is 9.10. The van der Waals surface area contributed by atoms with Gasteiger partial charge in [0.1, 0.15) is 17.3 Å². The van der Waals surface area contributed by atoms with Crippen molar-refractivity contribution in [3.8, 4) is 5.75 Å². The molecule has 4 rings (SSSR count). The lowest BCUT2D eigenvalue weighted by atomic mass is 10.0. The van der Waals surface area contributed by atoms with Crippen LogP contribution in [0, 0.1) is 5.82 Å². The fourth-order valence-corrected chi connectivity index (χ4v) is 3.62. The molecule has 7 heteroatoms. The molecule has 0 spiro atoms. The molecule has 3 aromatic rings. The number of halogens is 2. The number of hydrogen-bond acceptors (Lipinski definition) is 4. The van der Waals surface area contributed by atoms with Crippen LogP contribution in [0.2, 0.25) is 0 Å². The summed E-state index contributed by atoms with van der Waals surface area (Å²) in [7, 11) is 1.51. The molecule has 3 aromatic carbocycles. The maximum absolute atomic E-state index is 13.4. The van der Waals surface area contributed by atoms with Crippen molar-refractivity contribution in [2.75, 3.05) is 17.3 Å². The van der Waals surface area contributed by atoms with Gasteiger partial charge in [-0.3, -0.25) is 9.59 Å². The first-order chi connectivity index (χ1) is 14.5. The summed E-state index contributed by atoms with van der Waals surface area (Å²) in [6.45, 7) is 0. The smallest absolute Gasteiger partial charge is 0.282 e. The third-order valence-corrected chi connectivity index (χ3v) is 5.12. The average Bonchev–Trinajstić information content (AvgIpc) is 2.98. The average molecular weight is 467 g/mol. The quantitative estimate of drug-likeness (QED) is 0.537. The largest absolute Gasteiger partial charge is 0.497 e. The molecule has 1 aliphatic rings. The molecule has 1 N–H and O–H groups in total. The van der Waals surface area contributed by atoms with Gasteiger partial charge in [0.2, 0.25) is 0 Å². The van der Waals surface area contributed by atoms with E-state index >= 15 is 0 Å². The summed E-state index contributed by atoms with van der Waals surface area (Å²) in [5, 5.41) is 3.07. The molecule has 0 radical (unpaired) electrons. The van der Waals surface area contributed by atoms with E-state index in [2.05, 4.69) is 21.2 Å². The van der Waals surface area contributed by atoms with E-state index in [4.69, 9.17) is 4.74 Å². The Morgan fingerprint density at radius 2 is 1.67 bits per heavy atom. The predicted molar refractivity (Wildman–Crippen MR) is 117 cm³/mol. The van der Waals surface area contributed by atoms with Crippen LogP contribution in [0.25, 0.3) is 5.57 Å². The van der Waals surface area contributed by atoms with Crippen LogP contribution in [0.5, 0.6) is 5.75 Å². The first-order valence-corrected chi connectivity index (χ1v) is 9.83. The lowest BCUT2D eigenvalue weighted by Gasteiger charge is -2.16. The van der Waals surface area contributed by atoms with Crippen LogP contribution in [-0.4, -0.2) is 18.9 Å². The highest BCUT2D eigenvalue weighted by Crippen LogP contribution is 2.35. The molecule has 0 saturated heterocycles. The maximum atomic E-state index is 13.4. The van der Waals surface area contributed by atoms with Gasteiger partial charge in [-0.05, 0) is 48.0 Å². The molecule has 0 unspecified atom stereocenters. The number of nitrogens with zero attached hydrogens (tertiary/aromatic N) is 1. The number of imide groups is 1. The minimum atomic E-state index is -0.507. The zero-order chi connectivity index (χ0) is 21.3. The zero-order valence-electron chi connectivity index (χ0n) is 15.9. The molecule has 0 fully saturated rings. The van der Waals surface area contributed by atoms with Gasteiger partial charge in [-0.15, -0.1) is 0 Å². The predicted octanol–water partition coefficient (Wildman–Crippen LogP) is 4.99. The number of methoxy groups -OCH3 is 1. The number of amides is 2. The van der Waals surface area contributed by atoms with E-state index in [-0.39, 0.29) is 11.3 Å². The molecule has 0 aromatic heterocycles. The first kappa shape index (κ1) is 19.8. The van der Waals surface area contributed by atoms with Crippen LogP contribution in [0.1, 0.15) is 5.56 Å². The number of benzene rings is 3. The van der Waals surface area contributed by atoms with E-state index in [1.165, 1.54) is 31.4 Å². The number of anilines is 2. The molecule has 1 aliphatic heterocycles. The first-order valence-electron chi connectivity index (χ1n) is 9.03. The van der Waals surface area contributed by atoms with Gasteiger partial charge in [0.05, 0.1) is 18.4 Å². The molecular weight excluding hydrogens is 451 g/mol. The molecule has 0 atom stereocenters. The Balaban J connectivity index is 1.82. The number of carbonyl (C=O) groups is 2. The highest BCUT2D eigenvalue weighted by Gasteiger charge is 2.40. The van der Waals surface area contributed by atoms with Crippen molar-refractivity contribution >= 4 is 44.7 Å². The molecule has 0 bridgehead atoms. The van der Waals surface area contributed by atoms with Crippen LogP contribution in [0.3, 0.4) is 0 Å². The SMILES string of the molecule is COc1cccc(N2C(=O)C(Nc3cccc(Br)c3)=C(c3ccc(F)cc3)C2=O)c1. The van der Waals surface area contributed by atoms with E-state index in [1.807, 2.05) is 12.1 Å². The van der Waals surface area contributed by atoms with E-state index in [0.717, 1.165) is 9.37 Å². The van der Waals surface area contributed by atoms with Gasteiger partial charge >= 0.3 is 0 Å². The second kappa shape index (κ2) is 8.12. The van der Waals surface area contributed by atoms with Crippen LogP contribution in [-0.2, 0) is 9.59 Å². The Morgan fingerprint density at radius 3 is 2.37 bits per heavy atom. The Morgan fingerprint density at radius 1 is 0.933 bits per heavy atom. The van der Waals surface area contributed by atoms with Crippen molar-refractivity contribution in [1.82, 2.24) is 0 Å². The summed E-state index contributed by atoms with van der Waals surface area (Å²) in [4.78, 5) is 27.7. The van der Waals surface area contributed by atoms with Crippen molar-refractivity contribution in [2.45, 2.75) is 0 Å². The Kier molecular flexibility index (Phi) is 5.37. The van der Waals surface area contributed by atoms with Crippen LogP contribution >= 0.6 is 15.9 Å². The normalized spacial score (nSPS) is 13.8. The molecular formula is C23H16BrFN2O3. The highest BCUT2D eigenvalue weighted by atomic mass is 79.9. The van der Waals surface area contributed by atoms with Crippen molar-refractivity contribution in [3.05, 3.63) is 94.3 Å². The molecule has 150 valence electrons. The number of rotatable bonds is 5. The lowest BCUT2D eigenvalue weighted by Crippen LogP contribution is -2.32. The van der Waals surface area contributed by atoms with Crippen LogP contribution < -0.4 is 15.0 Å². The van der Waals surface area contributed by atoms with Gasteiger partial charge in [0.15, 0.2) is 0 Å². The summed E-state index contributed by atoms with van der Waals surface area (Å²) in [5.41, 5.74) is 1.75. The Hall–Kier alpha value is -3.45. The summed E-state index contributed by atoms with van der Waals surface area (Å²) >= 11 is 3.40. The standard InChI is InChI=1S/C23H16BrFN2O3/c1-30-19-7-3-6-18(13-19)27-22(28)20(14-8-10-16(25)11-9-14)21(23(27)29)26-17-5-2-4-15(24)12-17/h2-13,26H,1H3. The van der Waals surface area contributed by atoms with E-state index in [0.29, 0.717) is 22.7 Å². The maximum Gasteiger partial charge on any atom is 0.282 e. The minimum absolute atomic E-state index is 0.118. The van der Waals surface area contributed by atoms with Crippen molar-refractivity contribution < 1.29 is 18.7 Å². The van der Waals surface area contributed by atoms with Gasteiger partial charge in [-0.1, -0.05) is 40.2 Å². The van der Waals surface area contributed by atoms with Crippen molar-refractivity contribution in [2.24, 2.45) is 0 Å². The fourth-order valence-electron chi connectivity index (χ4n) is 3.22. The summed E-state index contributed by atoms with van der Waals surface area (Å²) in [5.74, 6) is -0.919.